The predicted octanol–water partition coefficient (Wildman–Crippen LogP) is 3.06. The molecule has 1 heterocycles. The summed E-state index contributed by atoms with van der Waals surface area (Å²) in [6, 6.07) is 12.3. The lowest BCUT2D eigenvalue weighted by Crippen LogP contribution is -2.18. The van der Waals surface area contributed by atoms with E-state index in [0.29, 0.717) is 5.56 Å². The average Bonchev–Trinajstić information content (AvgIpc) is 3.11. The van der Waals surface area contributed by atoms with Gasteiger partial charge in [0.25, 0.3) is 5.91 Å². The van der Waals surface area contributed by atoms with Crippen LogP contribution in [0.25, 0.3) is 0 Å². The van der Waals surface area contributed by atoms with E-state index >= 15 is 0 Å². The van der Waals surface area contributed by atoms with Crippen LogP contribution in [0.15, 0.2) is 47.6 Å². The summed E-state index contributed by atoms with van der Waals surface area (Å²) in [6.45, 7) is 4.29. The minimum Gasteiger partial charge on any atom is -0.508 e. The molecular formula is C19H21N3O2. The van der Waals surface area contributed by atoms with Crippen LogP contribution < -0.4 is 10.3 Å². The lowest BCUT2D eigenvalue weighted by atomic mass is 10.1. The zero-order valence-corrected chi connectivity index (χ0v) is 13.7. The third-order valence-corrected chi connectivity index (χ3v) is 4.22. The summed E-state index contributed by atoms with van der Waals surface area (Å²) >= 11 is 0. The first-order chi connectivity index (χ1) is 11.6. The molecule has 2 N–H and O–H groups in total. The van der Waals surface area contributed by atoms with Crippen LogP contribution in [0.5, 0.6) is 5.75 Å². The van der Waals surface area contributed by atoms with Gasteiger partial charge in [-0.15, -0.1) is 0 Å². The van der Waals surface area contributed by atoms with E-state index in [1.807, 2.05) is 13.0 Å². The monoisotopic (exact) mass is 323 g/mol. The predicted molar refractivity (Wildman–Crippen MR) is 95.8 cm³/mol. The second-order valence-electron chi connectivity index (χ2n) is 5.98. The number of hydrogen-bond acceptors (Lipinski definition) is 4. The number of anilines is 1. The van der Waals surface area contributed by atoms with Gasteiger partial charge < -0.3 is 10.0 Å². The number of phenols is 1. The Hall–Kier alpha value is -2.82. The molecule has 1 aliphatic heterocycles. The van der Waals surface area contributed by atoms with Crippen molar-refractivity contribution in [2.75, 3.05) is 18.0 Å². The maximum atomic E-state index is 11.9. The molecule has 5 nitrogen and oxygen atoms in total. The number of aryl methyl sites for hydroxylation is 1. The molecule has 1 amide bonds. The standard InChI is InChI=1S/C19H21N3O2/c1-14-12-17(22-10-2-3-11-22)7-4-16(14)13-20-21-19(24)15-5-8-18(23)9-6-15/h4-9,12-13,23H,2-3,10-11H2,1H3,(H,21,24)/b20-13-. The Morgan fingerprint density at radius 2 is 1.88 bits per heavy atom. The summed E-state index contributed by atoms with van der Waals surface area (Å²) in [5.74, 6) is -0.179. The van der Waals surface area contributed by atoms with E-state index < -0.39 is 0 Å². The average molecular weight is 323 g/mol. The van der Waals surface area contributed by atoms with E-state index in [1.165, 1.54) is 30.7 Å². The van der Waals surface area contributed by atoms with Crippen molar-refractivity contribution in [3.05, 3.63) is 59.2 Å². The van der Waals surface area contributed by atoms with Crippen LogP contribution in [-0.4, -0.2) is 30.3 Å². The van der Waals surface area contributed by atoms with Crippen LogP contribution in [0, 0.1) is 6.92 Å². The first-order valence-electron chi connectivity index (χ1n) is 8.11. The number of carbonyl (C=O) groups is 1. The van der Waals surface area contributed by atoms with E-state index in [0.717, 1.165) is 24.2 Å². The maximum Gasteiger partial charge on any atom is 0.271 e. The Kier molecular flexibility index (Phi) is 4.79. The number of benzene rings is 2. The van der Waals surface area contributed by atoms with Crippen molar-refractivity contribution < 1.29 is 9.90 Å². The fourth-order valence-corrected chi connectivity index (χ4v) is 2.81. The van der Waals surface area contributed by atoms with Gasteiger partial charge in [0.2, 0.25) is 0 Å². The fourth-order valence-electron chi connectivity index (χ4n) is 2.81. The SMILES string of the molecule is Cc1cc(N2CCCC2)ccc1/C=N\NC(=O)c1ccc(O)cc1. The van der Waals surface area contributed by atoms with Gasteiger partial charge in [-0.25, -0.2) is 5.43 Å². The number of rotatable bonds is 4. The number of nitrogens with one attached hydrogen (secondary N) is 1. The van der Waals surface area contributed by atoms with Crippen molar-refractivity contribution in [2.45, 2.75) is 19.8 Å². The second-order valence-corrected chi connectivity index (χ2v) is 5.98. The lowest BCUT2D eigenvalue weighted by molar-refractivity contribution is 0.0955. The van der Waals surface area contributed by atoms with Crippen LogP contribution in [0.3, 0.4) is 0 Å². The third-order valence-electron chi connectivity index (χ3n) is 4.22. The summed E-state index contributed by atoms with van der Waals surface area (Å²) in [5, 5.41) is 13.3. The molecule has 2 aromatic carbocycles. The number of amides is 1. The Morgan fingerprint density at radius 3 is 2.54 bits per heavy atom. The summed E-state index contributed by atoms with van der Waals surface area (Å²) in [5.41, 5.74) is 6.30. The molecule has 0 aromatic heterocycles. The van der Waals surface area contributed by atoms with Crippen LogP contribution in [0.2, 0.25) is 0 Å². The molecule has 1 fully saturated rings. The van der Waals surface area contributed by atoms with Gasteiger partial charge in [-0.1, -0.05) is 6.07 Å². The van der Waals surface area contributed by atoms with Gasteiger partial charge in [0.1, 0.15) is 5.75 Å². The minimum absolute atomic E-state index is 0.128. The highest BCUT2D eigenvalue weighted by Crippen LogP contribution is 2.22. The van der Waals surface area contributed by atoms with Crippen molar-refractivity contribution in [1.29, 1.82) is 0 Å². The zero-order valence-electron chi connectivity index (χ0n) is 13.7. The highest BCUT2D eigenvalue weighted by molar-refractivity contribution is 5.95. The number of phenolic OH excluding ortho intramolecular Hbond substituents is 1. The van der Waals surface area contributed by atoms with Crippen LogP contribution in [0.1, 0.15) is 34.3 Å². The Balaban J connectivity index is 1.63. The molecule has 124 valence electrons. The van der Waals surface area contributed by atoms with E-state index in [-0.39, 0.29) is 11.7 Å². The molecule has 0 bridgehead atoms. The molecule has 0 aliphatic carbocycles. The Labute approximate surface area is 141 Å². The maximum absolute atomic E-state index is 11.9. The molecule has 2 aromatic rings. The molecule has 0 radical (unpaired) electrons. The summed E-state index contributed by atoms with van der Waals surface area (Å²) in [7, 11) is 0. The van der Waals surface area contributed by atoms with E-state index in [2.05, 4.69) is 27.6 Å². The molecule has 0 spiro atoms. The van der Waals surface area contributed by atoms with Gasteiger partial charge >= 0.3 is 0 Å². The number of hydrogen-bond donors (Lipinski definition) is 2. The summed E-state index contributed by atoms with van der Waals surface area (Å²) < 4.78 is 0. The van der Waals surface area contributed by atoms with Crippen LogP contribution in [0.4, 0.5) is 5.69 Å². The number of hydrazone groups is 1. The summed E-state index contributed by atoms with van der Waals surface area (Å²) in [4.78, 5) is 14.3. The Bertz CT molecular complexity index is 748. The van der Waals surface area contributed by atoms with Gasteiger partial charge in [0, 0.05) is 24.3 Å². The zero-order chi connectivity index (χ0) is 16.9. The first-order valence-corrected chi connectivity index (χ1v) is 8.11. The molecule has 0 saturated carbocycles. The molecule has 5 heteroatoms. The fraction of sp³-hybridized carbons (Fsp3) is 0.263. The minimum atomic E-state index is -0.308. The largest absolute Gasteiger partial charge is 0.508 e. The summed E-state index contributed by atoms with van der Waals surface area (Å²) in [6.07, 6.45) is 4.17. The molecule has 24 heavy (non-hydrogen) atoms. The number of carbonyl (C=O) groups excluding carboxylic acids is 1. The smallest absolute Gasteiger partial charge is 0.271 e. The van der Waals surface area contributed by atoms with E-state index in [4.69, 9.17) is 0 Å². The van der Waals surface area contributed by atoms with Gasteiger partial charge in [0.15, 0.2) is 0 Å². The van der Waals surface area contributed by atoms with Crippen molar-refractivity contribution in [1.82, 2.24) is 5.43 Å². The quantitative estimate of drug-likeness (QED) is 0.671. The molecule has 0 unspecified atom stereocenters. The molecule has 1 saturated heterocycles. The molecular weight excluding hydrogens is 302 g/mol. The Morgan fingerprint density at radius 1 is 1.17 bits per heavy atom. The highest BCUT2D eigenvalue weighted by atomic mass is 16.3. The van der Waals surface area contributed by atoms with E-state index in [9.17, 15) is 9.90 Å². The van der Waals surface area contributed by atoms with Crippen LogP contribution in [-0.2, 0) is 0 Å². The third kappa shape index (κ3) is 3.74. The highest BCUT2D eigenvalue weighted by Gasteiger charge is 2.12. The van der Waals surface area contributed by atoms with Crippen molar-refractivity contribution in [2.24, 2.45) is 5.10 Å². The number of nitrogens with zero attached hydrogens (tertiary/aromatic N) is 2. The number of aromatic hydroxyl groups is 1. The van der Waals surface area contributed by atoms with Gasteiger partial charge in [-0.2, -0.15) is 5.10 Å². The van der Waals surface area contributed by atoms with Crippen LogP contribution >= 0.6 is 0 Å². The van der Waals surface area contributed by atoms with E-state index in [1.54, 1.807) is 18.3 Å². The normalized spacial score (nSPS) is 14.3. The van der Waals surface area contributed by atoms with Crippen molar-refractivity contribution in [3.63, 3.8) is 0 Å². The van der Waals surface area contributed by atoms with Crippen molar-refractivity contribution in [3.8, 4) is 5.75 Å². The van der Waals surface area contributed by atoms with Gasteiger partial charge in [-0.05, 0) is 67.3 Å². The van der Waals surface area contributed by atoms with Gasteiger partial charge in [0.05, 0.1) is 6.21 Å². The second kappa shape index (κ2) is 7.17. The molecule has 1 aliphatic rings. The molecule has 3 rings (SSSR count). The topological polar surface area (TPSA) is 64.9 Å². The first kappa shape index (κ1) is 16.1. The van der Waals surface area contributed by atoms with Crippen molar-refractivity contribution >= 4 is 17.8 Å². The molecule has 0 atom stereocenters. The van der Waals surface area contributed by atoms with Gasteiger partial charge in [-0.3, -0.25) is 4.79 Å². The lowest BCUT2D eigenvalue weighted by Gasteiger charge is -2.18.